The monoisotopic (exact) mass is 440 g/mol. The van der Waals surface area contributed by atoms with Crippen LogP contribution in [0.25, 0.3) is 0 Å². The summed E-state index contributed by atoms with van der Waals surface area (Å²) in [5.41, 5.74) is 0.885. The summed E-state index contributed by atoms with van der Waals surface area (Å²) in [6, 6.07) is 21.5. The van der Waals surface area contributed by atoms with E-state index in [4.69, 9.17) is 9.47 Å². The second-order valence-corrected chi connectivity index (χ2v) is 8.24. The molecule has 9 heteroatoms. The molecule has 0 radical (unpaired) electrons. The SMILES string of the molecule is CS(=O)(=O)Nc1ccc(NC(=O)COC(=O)c2ccccc2)cc1Oc1ccccc1. The zero-order chi connectivity index (χ0) is 22.3. The largest absolute Gasteiger partial charge is 0.455 e. The van der Waals surface area contributed by atoms with Crippen LogP contribution in [0.2, 0.25) is 0 Å². The molecule has 0 aliphatic carbocycles. The van der Waals surface area contributed by atoms with E-state index >= 15 is 0 Å². The van der Waals surface area contributed by atoms with E-state index in [0.717, 1.165) is 6.26 Å². The lowest BCUT2D eigenvalue weighted by molar-refractivity contribution is -0.119. The van der Waals surface area contributed by atoms with Crippen molar-refractivity contribution in [3.63, 3.8) is 0 Å². The van der Waals surface area contributed by atoms with Gasteiger partial charge in [-0.05, 0) is 36.4 Å². The first-order chi connectivity index (χ1) is 14.8. The van der Waals surface area contributed by atoms with Crippen LogP contribution >= 0.6 is 0 Å². The van der Waals surface area contributed by atoms with E-state index in [1.165, 1.54) is 18.2 Å². The summed E-state index contributed by atoms with van der Waals surface area (Å²) in [4.78, 5) is 24.1. The molecule has 0 unspecified atom stereocenters. The highest BCUT2D eigenvalue weighted by Gasteiger charge is 2.14. The minimum atomic E-state index is -3.55. The lowest BCUT2D eigenvalue weighted by Crippen LogP contribution is -2.21. The predicted octanol–water partition coefficient (Wildman–Crippen LogP) is 3.65. The Morgan fingerprint density at radius 2 is 1.55 bits per heavy atom. The first-order valence-corrected chi connectivity index (χ1v) is 11.1. The Labute approximate surface area is 179 Å². The van der Waals surface area contributed by atoms with Gasteiger partial charge in [-0.15, -0.1) is 0 Å². The van der Waals surface area contributed by atoms with E-state index in [9.17, 15) is 18.0 Å². The molecule has 0 aliphatic heterocycles. The minimum Gasteiger partial charge on any atom is -0.455 e. The lowest BCUT2D eigenvalue weighted by Gasteiger charge is -2.14. The van der Waals surface area contributed by atoms with Crippen LogP contribution in [0.3, 0.4) is 0 Å². The van der Waals surface area contributed by atoms with Crippen LogP contribution in [0, 0.1) is 0 Å². The van der Waals surface area contributed by atoms with Gasteiger partial charge >= 0.3 is 5.97 Å². The third-order valence-corrected chi connectivity index (χ3v) is 4.47. The molecule has 0 aromatic heterocycles. The van der Waals surface area contributed by atoms with Crippen LogP contribution in [0.1, 0.15) is 10.4 Å². The second-order valence-electron chi connectivity index (χ2n) is 6.49. The predicted molar refractivity (Wildman–Crippen MR) is 117 cm³/mol. The fourth-order valence-corrected chi connectivity index (χ4v) is 3.14. The maximum absolute atomic E-state index is 12.2. The molecule has 0 fully saturated rings. The summed E-state index contributed by atoms with van der Waals surface area (Å²) in [6.45, 7) is -0.480. The number of esters is 1. The van der Waals surface area contributed by atoms with Crippen molar-refractivity contribution in [2.75, 3.05) is 22.9 Å². The quantitative estimate of drug-likeness (QED) is 0.518. The summed E-state index contributed by atoms with van der Waals surface area (Å²) in [5.74, 6) is -0.495. The smallest absolute Gasteiger partial charge is 0.338 e. The Balaban J connectivity index is 1.71. The molecule has 0 spiro atoms. The molecule has 0 atom stereocenters. The van der Waals surface area contributed by atoms with Crippen LogP contribution in [-0.2, 0) is 19.6 Å². The van der Waals surface area contributed by atoms with Crippen molar-refractivity contribution in [3.05, 3.63) is 84.4 Å². The molecular weight excluding hydrogens is 420 g/mol. The number of hydrogen-bond donors (Lipinski definition) is 2. The maximum atomic E-state index is 12.2. The Hall–Kier alpha value is -3.85. The molecule has 3 rings (SSSR count). The van der Waals surface area contributed by atoms with Crippen LogP contribution in [0.4, 0.5) is 11.4 Å². The highest BCUT2D eigenvalue weighted by atomic mass is 32.2. The van der Waals surface area contributed by atoms with Gasteiger partial charge in [-0.25, -0.2) is 13.2 Å². The minimum absolute atomic E-state index is 0.190. The first-order valence-electron chi connectivity index (χ1n) is 9.17. The highest BCUT2D eigenvalue weighted by molar-refractivity contribution is 7.92. The summed E-state index contributed by atoms with van der Waals surface area (Å²) < 4.78 is 36.4. The molecule has 0 saturated carbocycles. The van der Waals surface area contributed by atoms with E-state index in [1.54, 1.807) is 54.6 Å². The van der Waals surface area contributed by atoms with Crippen molar-refractivity contribution in [2.24, 2.45) is 0 Å². The van der Waals surface area contributed by atoms with Crippen molar-refractivity contribution >= 4 is 33.3 Å². The van der Waals surface area contributed by atoms with Gasteiger partial charge in [0.25, 0.3) is 5.91 Å². The average molecular weight is 440 g/mol. The van der Waals surface area contributed by atoms with E-state index in [0.29, 0.717) is 17.0 Å². The zero-order valence-corrected chi connectivity index (χ0v) is 17.4. The Bertz CT molecular complexity index is 1170. The van der Waals surface area contributed by atoms with Crippen molar-refractivity contribution in [1.29, 1.82) is 0 Å². The number of anilines is 2. The number of para-hydroxylation sites is 1. The van der Waals surface area contributed by atoms with Crippen molar-refractivity contribution in [1.82, 2.24) is 0 Å². The van der Waals surface area contributed by atoms with Gasteiger partial charge in [0.1, 0.15) is 5.75 Å². The number of rotatable bonds is 8. The van der Waals surface area contributed by atoms with E-state index in [2.05, 4.69) is 10.0 Å². The number of amides is 1. The molecule has 3 aromatic carbocycles. The van der Waals surface area contributed by atoms with Crippen LogP contribution in [-0.4, -0.2) is 33.2 Å². The molecule has 0 bridgehead atoms. The number of carbonyl (C=O) groups excluding carboxylic acids is 2. The van der Waals surface area contributed by atoms with Gasteiger partial charge in [-0.3, -0.25) is 9.52 Å². The molecule has 0 heterocycles. The Kier molecular flexibility index (Phi) is 6.88. The number of carbonyl (C=O) groups is 2. The molecular formula is C22H20N2O6S. The number of hydrogen-bond acceptors (Lipinski definition) is 6. The van der Waals surface area contributed by atoms with Crippen molar-refractivity contribution < 1.29 is 27.5 Å². The summed E-state index contributed by atoms with van der Waals surface area (Å²) >= 11 is 0. The molecule has 2 N–H and O–H groups in total. The van der Waals surface area contributed by atoms with Crippen molar-refractivity contribution in [3.8, 4) is 11.5 Å². The Morgan fingerprint density at radius 3 is 2.19 bits per heavy atom. The summed E-state index contributed by atoms with van der Waals surface area (Å²) in [5, 5.41) is 2.59. The van der Waals surface area contributed by atoms with Gasteiger partial charge in [0.2, 0.25) is 10.0 Å². The molecule has 31 heavy (non-hydrogen) atoms. The normalized spacial score (nSPS) is 10.7. The Morgan fingerprint density at radius 1 is 0.903 bits per heavy atom. The lowest BCUT2D eigenvalue weighted by atomic mass is 10.2. The molecule has 1 amide bonds. The fourth-order valence-electron chi connectivity index (χ4n) is 2.57. The summed E-state index contributed by atoms with van der Waals surface area (Å²) in [6.07, 6.45) is 1.02. The fraction of sp³-hybridized carbons (Fsp3) is 0.0909. The number of ether oxygens (including phenoxy) is 2. The highest BCUT2D eigenvalue weighted by Crippen LogP contribution is 2.33. The number of sulfonamides is 1. The van der Waals surface area contributed by atoms with Gasteiger partial charge < -0.3 is 14.8 Å². The van der Waals surface area contributed by atoms with Gasteiger partial charge in [0.05, 0.1) is 17.5 Å². The average Bonchev–Trinajstić information content (AvgIpc) is 2.74. The van der Waals surface area contributed by atoms with E-state index in [-0.39, 0.29) is 11.4 Å². The van der Waals surface area contributed by atoms with Gasteiger partial charge in [0.15, 0.2) is 12.4 Å². The standard InChI is InChI=1S/C22H20N2O6S/c1-31(27,28)24-19-13-12-17(14-20(19)30-18-10-6-3-7-11-18)23-21(25)15-29-22(26)16-8-4-2-5-9-16/h2-14,24H,15H2,1H3,(H,23,25). The zero-order valence-electron chi connectivity index (χ0n) is 16.6. The van der Waals surface area contributed by atoms with E-state index < -0.39 is 28.5 Å². The molecule has 8 nitrogen and oxygen atoms in total. The number of nitrogens with one attached hydrogen (secondary N) is 2. The van der Waals surface area contributed by atoms with Gasteiger partial charge in [-0.2, -0.15) is 0 Å². The van der Waals surface area contributed by atoms with Crippen LogP contribution in [0.15, 0.2) is 78.9 Å². The molecule has 0 saturated heterocycles. The third-order valence-electron chi connectivity index (χ3n) is 3.88. The topological polar surface area (TPSA) is 111 Å². The van der Waals surface area contributed by atoms with Crippen LogP contribution < -0.4 is 14.8 Å². The van der Waals surface area contributed by atoms with Crippen molar-refractivity contribution in [2.45, 2.75) is 0 Å². The third kappa shape index (κ3) is 6.86. The first kappa shape index (κ1) is 21.8. The van der Waals surface area contributed by atoms with Gasteiger partial charge in [-0.1, -0.05) is 36.4 Å². The molecule has 3 aromatic rings. The summed E-state index contributed by atoms with van der Waals surface area (Å²) in [7, 11) is -3.55. The van der Waals surface area contributed by atoms with E-state index in [1.807, 2.05) is 6.07 Å². The second kappa shape index (κ2) is 9.77. The number of benzene rings is 3. The molecule has 160 valence electrons. The maximum Gasteiger partial charge on any atom is 0.338 e. The van der Waals surface area contributed by atoms with Crippen LogP contribution in [0.5, 0.6) is 11.5 Å². The van der Waals surface area contributed by atoms with Gasteiger partial charge in [0, 0.05) is 11.8 Å². The molecule has 0 aliphatic rings.